The van der Waals surface area contributed by atoms with E-state index in [4.69, 9.17) is 5.73 Å². The minimum atomic E-state index is 0.107. The molecule has 3 N–H and O–H groups in total. The smallest absolute Gasteiger partial charge is 0.220 e. The van der Waals surface area contributed by atoms with Crippen molar-refractivity contribution in [3.8, 4) is 0 Å². The van der Waals surface area contributed by atoms with Gasteiger partial charge in [0.1, 0.15) is 0 Å². The highest BCUT2D eigenvalue weighted by atomic mass is 16.1. The zero-order chi connectivity index (χ0) is 15.1. The van der Waals surface area contributed by atoms with Crippen LogP contribution in [0.5, 0.6) is 0 Å². The third-order valence-electron chi connectivity index (χ3n) is 4.04. The van der Waals surface area contributed by atoms with Crippen molar-refractivity contribution in [2.24, 2.45) is 24.6 Å². The van der Waals surface area contributed by atoms with Gasteiger partial charge in [0.2, 0.25) is 5.91 Å². The fourth-order valence-corrected chi connectivity index (χ4v) is 2.34. The molecular formula is C15H28N4O. The van der Waals surface area contributed by atoms with Crippen molar-refractivity contribution < 1.29 is 4.79 Å². The quantitative estimate of drug-likeness (QED) is 0.762. The number of amides is 1. The van der Waals surface area contributed by atoms with E-state index in [1.165, 1.54) is 0 Å². The number of aromatic nitrogens is 2. The molecule has 0 aromatic carbocycles. The fourth-order valence-electron chi connectivity index (χ4n) is 2.34. The Morgan fingerprint density at radius 2 is 2.15 bits per heavy atom. The van der Waals surface area contributed by atoms with Crippen LogP contribution in [0.2, 0.25) is 0 Å². The van der Waals surface area contributed by atoms with Gasteiger partial charge in [0, 0.05) is 31.3 Å². The van der Waals surface area contributed by atoms with E-state index >= 15 is 0 Å². The molecule has 0 radical (unpaired) electrons. The molecule has 1 rings (SSSR count). The summed E-state index contributed by atoms with van der Waals surface area (Å²) in [5.74, 6) is 1.22. The summed E-state index contributed by atoms with van der Waals surface area (Å²) >= 11 is 0. The number of carbonyl (C=O) groups excluding carboxylic acids is 1. The standard InChI is InChI=1S/C15H28N4O/c1-11(2)13(7-8-16)5-6-15(20)17-9-14-10-18-19(4)12(14)3/h10-11,13H,5-9,16H2,1-4H3,(H,17,20). The van der Waals surface area contributed by atoms with Gasteiger partial charge < -0.3 is 11.1 Å². The van der Waals surface area contributed by atoms with E-state index in [-0.39, 0.29) is 5.91 Å². The molecule has 0 aliphatic rings. The van der Waals surface area contributed by atoms with E-state index in [9.17, 15) is 4.79 Å². The summed E-state index contributed by atoms with van der Waals surface area (Å²) in [4.78, 5) is 11.9. The molecule has 0 aliphatic heterocycles. The highest BCUT2D eigenvalue weighted by molar-refractivity contribution is 5.75. The van der Waals surface area contributed by atoms with Crippen LogP contribution in [0.1, 0.15) is 44.4 Å². The molecule has 0 bridgehead atoms. The Labute approximate surface area is 121 Å². The van der Waals surface area contributed by atoms with Crippen LogP contribution in [-0.4, -0.2) is 22.2 Å². The predicted molar refractivity (Wildman–Crippen MR) is 81.0 cm³/mol. The lowest BCUT2D eigenvalue weighted by atomic mass is 9.88. The molecule has 0 aliphatic carbocycles. The second-order valence-electron chi connectivity index (χ2n) is 5.78. The highest BCUT2D eigenvalue weighted by Crippen LogP contribution is 2.20. The summed E-state index contributed by atoms with van der Waals surface area (Å²) in [5.41, 5.74) is 7.78. The number of hydrogen-bond acceptors (Lipinski definition) is 3. The van der Waals surface area contributed by atoms with Crippen LogP contribution in [0.15, 0.2) is 6.20 Å². The van der Waals surface area contributed by atoms with Gasteiger partial charge in [0.15, 0.2) is 0 Å². The molecule has 1 amide bonds. The largest absolute Gasteiger partial charge is 0.352 e. The van der Waals surface area contributed by atoms with Gasteiger partial charge in [-0.05, 0) is 38.1 Å². The number of carbonyl (C=O) groups is 1. The third-order valence-corrected chi connectivity index (χ3v) is 4.04. The van der Waals surface area contributed by atoms with Gasteiger partial charge in [-0.25, -0.2) is 0 Å². The molecule has 0 fully saturated rings. The molecule has 20 heavy (non-hydrogen) atoms. The van der Waals surface area contributed by atoms with Crippen LogP contribution in [0.3, 0.4) is 0 Å². The van der Waals surface area contributed by atoms with Crippen LogP contribution in [0.4, 0.5) is 0 Å². The maximum Gasteiger partial charge on any atom is 0.220 e. The number of aryl methyl sites for hydroxylation is 1. The van der Waals surface area contributed by atoms with Crippen LogP contribution in [0.25, 0.3) is 0 Å². The molecule has 114 valence electrons. The average Bonchev–Trinajstić information content (AvgIpc) is 2.72. The number of hydrogen-bond donors (Lipinski definition) is 2. The molecule has 5 heteroatoms. The maximum atomic E-state index is 11.9. The number of nitrogens with zero attached hydrogens (tertiary/aromatic N) is 2. The molecule has 0 saturated carbocycles. The van der Waals surface area contributed by atoms with Gasteiger partial charge in [-0.2, -0.15) is 5.10 Å². The molecule has 0 spiro atoms. The summed E-state index contributed by atoms with van der Waals surface area (Å²) in [5, 5.41) is 7.13. The van der Waals surface area contributed by atoms with Crippen molar-refractivity contribution in [3.63, 3.8) is 0 Å². The van der Waals surface area contributed by atoms with Crippen molar-refractivity contribution in [2.45, 2.75) is 46.6 Å². The van der Waals surface area contributed by atoms with Gasteiger partial charge in [-0.3, -0.25) is 9.48 Å². The number of nitrogens with two attached hydrogens (primary N) is 1. The first-order chi connectivity index (χ1) is 9.45. The minimum absolute atomic E-state index is 0.107. The predicted octanol–water partition coefficient (Wildman–Crippen LogP) is 1.75. The van der Waals surface area contributed by atoms with Gasteiger partial charge in [-0.15, -0.1) is 0 Å². The zero-order valence-electron chi connectivity index (χ0n) is 13.1. The molecule has 0 saturated heterocycles. The Kier molecular flexibility index (Phi) is 6.71. The Morgan fingerprint density at radius 1 is 1.45 bits per heavy atom. The summed E-state index contributed by atoms with van der Waals surface area (Å²) in [6.07, 6.45) is 4.28. The van der Waals surface area contributed by atoms with E-state index < -0.39 is 0 Å². The molecule has 1 unspecified atom stereocenters. The molecule has 1 atom stereocenters. The Bertz CT molecular complexity index is 426. The minimum Gasteiger partial charge on any atom is -0.352 e. The first-order valence-corrected chi connectivity index (χ1v) is 7.40. The molecule has 1 aromatic rings. The lowest BCUT2D eigenvalue weighted by Crippen LogP contribution is -2.24. The molecule has 1 aromatic heterocycles. The van der Waals surface area contributed by atoms with Crippen molar-refractivity contribution in [2.75, 3.05) is 6.54 Å². The summed E-state index contributed by atoms with van der Waals surface area (Å²) in [6, 6.07) is 0. The average molecular weight is 280 g/mol. The van der Waals surface area contributed by atoms with E-state index in [2.05, 4.69) is 24.3 Å². The third kappa shape index (κ3) is 4.96. The van der Waals surface area contributed by atoms with Crippen molar-refractivity contribution in [1.82, 2.24) is 15.1 Å². The summed E-state index contributed by atoms with van der Waals surface area (Å²) < 4.78 is 1.82. The van der Waals surface area contributed by atoms with E-state index in [1.807, 2.05) is 18.7 Å². The summed E-state index contributed by atoms with van der Waals surface area (Å²) in [6.45, 7) is 7.64. The van der Waals surface area contributed by atoms with Gasteiger partial charge in [0.05, 0.1) is 6.20 Å². The number of nitrogens with one attached hydrogen (secondary N) is 1. The number of rotatable bonds is 8. The van der Waals surface area contributed by atoms with Gasteiger partial charge in [0.25, 0.3) is 0 Å². The van der Waals surface area contributed by atoms with Crippen LogP contribution >= 0.6 is 0 Å². The lowest BCUT2D eigenvalue weighted by molar-refractivity contribution is -0.121. The van der Waals surface area contributed by atoms with Crippen molar-refractivity contribution >= 4 is 5.91 Å². The lowest BCUT2D eigenvalue weighted by Gasteiger charge is -2.19. The Balaban J connectivity index is 2.35. The van der Waals surface area contributed by atoms with Gasteiger partial charge >= 0.3 is 0 Å². The van der Waals surface area contributed by atoms with Crippen molar-refractivity contribution in [3.05, 3.63) is 17.5 Å². The SMILES string of the molecule is Cc1c(CNC(=O)CCC(CCN)C(C)C)cnn1C. The fraction of sp³-hybridized carbons (Fsp3) is 0.733. The maximum absolute atomic E-state index is 11.9. The Hall–Kier alpha value is -1.36. The zero-order valence-corrected chi connectivity index (χ0v) is 13.1. The van der Waals surface area contributed by atoms with Gasteiger partial charge in [-0.1, -0.05) is 13.8 Å². The molecule has 1 heterocycles. The Morgan fingerprint density at radius 3 is 2.65 bits per heavy atom. The normalized spacial score (nSPS) is 12.7. The van der Waals surface area contributed by atoms with E-state index in [1.54, 1.807) is 6.20 Å². The monoisotopic (exact) mass is 280 g/mol. The van der Waals surface area contributed by atoms with E-state index in [0.29, 0.717) is 31.3 Å². The van der Waals surface area contributed by atoms with Crippen LogP contribution in [-0.2, 0) is 18.4 Å². The second-order valence-corrected chi connectivity index (χ2v) is 5.78. The van der Waals surface area contributed by atoms with Crippen LogP contribution < -0.4 is 11.1 Å². The molecular weight excluding hydrogens is 252 g/mol. The second kappa shape index (κ2) is 8.04. The van der Waals surface area contributed by atoms with Crippen molar-refractivity contribution in [1.29, 1.82) is 0 Å². The summed E-state index contributed by atoms with van der Waals surface area (Å²) in [7, 11) is 1.90. The van der Waals surface area contributed by atoms with E-state index in [0.717, 1.165) is 24.1 Å². The molecule has 5 nitrogen and oxygen atoms in total. The topological polar surface area (TPSA) is 72.9 Å². The van der Waals surface area contributed by atoms with Crippen LogP contribution in [0, 0.1) is 18.8 Å². The first-order valence-electron chi connectivity index (χ1n) is 7.40. The highest BCUT2D eigenvalue weighted by Gasteiger charge is 2.14. The first kappa shape index (κ1) is 16.7.